The highest BCUT2D eigenvalue weighted by Crippen LogP contribution is 2.30. The Kier molecular flexibility index (Phi) is 3.28. The minimum absolute atomic E-state index is 0.0218. The van der Waals surface area contributed by atoms with Gasteiger partial charge in [-0.05, 0) is 12.1 Å². The van der Waals surface area contributed by atoms with Gasteiger partial charge in [0.2, 0.25) is 0 Å². The molecule has 2 rings (SSSR count). The van der Waals surface area contributed by atoms with Gasteiger partial charge in [-0.3, -0.25) is 9.82 Å². The Bertz CT molecular complexity index is 626. The predicted molar refractivity (Wildman–Crippen MR) is 65.9 cm³/mol. The fourth-order valence-electron chi connectivity index (χ4n) is 1.17. The molecule has 2 N–H and O–H groups in total. The lowest BCUT2D eigenvalue weighted by Crippen LogP contribution is -2.12. The average Bonchev–Trinajstić information content (AvgIpc) is 2.78. The predicted octanol–water partition coefficient (Wildman–Crippen LogP) is 2.52. The molecule has 1 aromatic carbocycles. The molecule has 0 aliphatic carbocycles. The van der Waals surface area contributed by atoms with Gasteiger partial charge in [-0.15, -0.1) is 0 Å². The van der Waals surface area contributed by atoms with Gasteiger partial charge in [-0.2, -0.15) is 5.10 Å². The van der Waals surface area contributed by atoms with Crippen LogP contribution >= 0.6 is 23.2 Å². The largest absolute Gasteiger partial charge is 0.284 e. The molecular weight excluding hydrogens is 285 g/mol. The highest BCUT2D eigenvalue weighted by molar-refractivity contribution is 7.92. The van der Waals surface area contributed by atoms with Crippen LogP contribution in [0.25, 0.3) is 0 Å². The fraction of sp³-hybridized carbons (Fsp3) is 0. The molecule has 0 atom stereocenters. The summed E-state index contributed by atoms with van der Waals surface area (Å²) in [6.45, 7) is 0. The quantitative estimate of drug-likeness (QED) is 0.912. The standard InChI is InChI=1S/C9H7Cl2N3O2S/c10-7-2-1-3-8(9(7)11)14-17(15,16)6-4-12-13-5-6/h1-5,14H,(H,12,13). The molecular formula is C9H7Cl2N3O2S. The number of sulfonamides is 1. The van der Waals surface area contributed by atoms with Gasteiger partial charge < -0.3 is 0 Å². The molecule has 0 saturated heterocycles. The van der Waals surface area contributed by atoms with E-state index in [2.05, 4.69) is 14.9 Å². The van der Waals surface area contributed by atoms with Crippen molar-refractivity contribution in [2.24, 2.45) is 0 Å². The topological polar surface area (TPSA) is 74.8 Å². The zero-order chi connectivity index (χ0) is 12.5. The molecule has 5 nitrogen and oxygen atoms in total. The van der Waals surface area contributed by atoms with E-state index in [0.717, 1.165) is 0 Å². The third kappa shape index (κ3) is 2.54. The Balaban J connectivity index is 2.37. The first kappa shape index (κ1) is 12.2. The number of nitrogens with zero attached hydrogens (tertiary/aromatic N) is 1. The summed E-state index contributed by atoms with van der Waals surface area (Å²) < 4.78 is 26.0. The minimum Gasteiger partial charge on any atom is -0.284 e. The number of anilines is 1. The van der Waals surface area contributed by atoms with E-state index in [0.29, 0.717) is 0 Å². The van der Waals surface area contributed by atoms with E-state index in [4.69, 9.17) is 23.2 Å². The first-order valence-corrected chi connectivity index (χ1v) is 6.70. The lowest BCUT2D eigenvalue weighted by atomic mass is 10.3. The molecule has 0 unspecified atom stereocenters. The monoisotopic (exact) mass is 291 g/mol. The number of hydrogen-bond donors (Lipinski definition) is 2. The van der Waals surface area contributed by atoms with Crippen LogP contribution in [0, 0.1) is 0 Å². The van der Waals surface area contributed by atoms with E-state index in [-0.39, 0.29) is 20.6 Å². The van der Waals surface area contributed by atoms with E-state index in [9.17, 15) is 8.42 Å². The van der Waals surface area contributed by atoms with E-state index in [1.165, 1.54) is 18.5 Å². The van der Waals surface area contributed by atoms with E-state index >= 15 is 0 Å². The SMILES string of the molecule is O=S(=O)(Nc1cccc(Cl)c1Cl)c1cn[nH]c1. The van der Waals surface area contributed by atoms with Crippen molar-refractivity contribution in [2.45, 2.75) is 4.90 Å². The number of aromatic amines is 1. The number of rotatable bonds is 3. The maximum absolute atomic E-state index is 11.9. The van der Waals surface area contributed by atoms with Gasteiger partial charge >= 0.3 is 0 Å². The smallest absolute Gasteiger partial charge is 0.265 e. The van der Waals surface area contributed by atoms with Gasteiger partial charge in [0.1, 0.15) is 4.90 Å². The molecule has 1 heterocycles. The van der Waals surface area contributed by atoms with Gasteiger partial charge in [0.05, 0.1) is 21.9 Å². The van der Waals surface area contributed by atoms with Crippen LogP contribution < -0.4 is 4.72 Å². The second-order valence-corrected chi connectivity index (χ2v) is 5.61. The summed E-state index contributed by atoms with van der Waals surface area (Å²) in [7, 11) is -3.70. The van der Waals surface area contributed by atoms with Crippen molar-refractivity contribution in [3.63, 3.8) is 0 Å². The molecule has 1 aromatic heterocycles. The van der Waals surface area contributed by atoms with Crippen LogP contribution in [0.15, 0.2) is 35.5 Å². The Morgan fingerprint density at radius 2 is 2.06 bits per heavy atom. The number of benzene rings is 1. The van der Waals surface area contributed by atoms with Gasteiger partial charge in [-0.1, -0.05) is 29.3 Å². The van der Waals surface area contributed by atoms with Gasteiger partial charge in [0.15, 0.2) is 0 Å². The molecule has 8 heteroatoms. The van der Waals surface area contributed by atoms with Crippen LogP contribution in [-0.2, 0) is 10.0 Å². The van der Waals surface area contributed by atoms with Crippen molar-refractivity contribution in [3.05, 3.63) is 40.6 Å². The summed E-state index contributed by atoms with van der Waals surface area (Å²) in [4.78, 5) is 0.0218. The highest BCUT2D eigenvalue weighted by Gasteiger charge is 2.17. The number of hydrogen-bond acceptors (Lipinski definition) is 3. The third-order valence-corrected chi connectivity index (χ3v) is 4.13. The molecule has 0 saturated carbocycles. The molecule has 0 aliphatic heterocycles. The Hall–Kier alpha value is -1.24. The van der Waals surface area contributed by atoms with Crippen molar-refractivity contribution in [1.82, 2.24) is 10.2 Å². The second-order valence-electron chi connectivity index (χ2n) is 3.14. The summed E-state index contributed by atoms with van der Waals surface area (Å²) in [5.41, 5.74) is 0.223. The molecule has 0 spiro atoms. The summed E-state index contributed by atoms with van der Waals surface area (Å²) in [5, 5.41) is 6.42. The molecule has 0 amide bonds. The Morgan fingerprint density at radius 3 is 2.71 bits per heavy atom. The zero-order valence-electron chi connectivity index (χ0n) is 8.31. The van der Waals surface area contributed by atoms with Crippen LogP contribution in [-0.4, -0.2) is 18.6 Å². The fourth-order valence-corrected chi connectivity index (χ4v) is 2.55. The highest BCUT2D eigenvalue weighted by atomic mass is 35.5. The number of nitrogens with one attached hydrogen (secondary N) is 2. The molecule has 0 fully saturated rings. The van der Waals surface area contributed by atoms with Crippen molar-refractivity contribution in [1.29, 1.82) is 0 Å². The summed E-state index contributed by atoms with van der Waals surface area (Å²) in [5.74, 6) is 0. The number of aromatic nitrogens is 2. The molecule has 2 aromatic rings. The van der Waals surface area contributed by atoms with Gasteiger partial charge in [0, 0.05) is 6.20 Å². The first-order valence-electron chi connectivity index (χ1n) is 4.46. The van der Waals surface area contributed by atoms with Crippen molar-refractivity contribution >= 4 is 38.9 Å². The van der Waals surface area contributed by atoms with Gasteiger partial charge in [0.25, 0.3) is 10.0 Å². The van der Waals surface area contributed by atoms with E-state index in [1.807, 2.05) is 0 Å². The van der Waals surface area contributed by atoms with Crippen LogP contribution in [0.4, 0.5) is 5.69 Å². The maximum atomic E-state index is 11.9. The van der Waals surface area contributed by atoms with Crippen LogP contribution in [0.1, 0.15) is 0 Å². The second kappa shape index (κ2) is 4.56. The molecule has 90 valence electrons. The number of halogens is 2. The van der Waals surface area contributed by atoms with E-state index in [1.54, 1.807) is 12.1 Å². The molecule has 17 heavy (non-hydrogen) atoms. The summed E-state index contributed by atoms with van der Waals surface area (Å²) in [6.07, 6.45) is 2.46. The minimum atomic E-state index is -3.70. The average molecular weight is 292 g/mol. The van der Waals surface area contributed by atoms with Crippen LogP contribution in [0.5, 0.6) is 0 Å². The van der Waals surface area contributed by atoms with Crippen molar-refractivity contribution in [2.75, 3.05) is 4.72 Å². The maximum Gasteiger partial charge on any atom is 0.265 e. The normalized spacial score (nSPS) is 11.4. The lowest BCUT2D eigenvalue weighted by molar-refractivity contribution is 0.601. The van der Waals surface area contributed by atoms with Gasteiger partial charge in [-0.25, -0.2) is 8.42 Å². The van der Waals surface area contributed by atoms with Crippen molar-refractivity contribution in [3.8, 4) is 0 Å². The van der Waals surface area contributed by atoms with Crippen LogP contribution in [0.3, 0.4) is 0 Å². The summed E-state index contributed by atoms with van der Waals surface area (Å²) in [6, 6.07) is 4.69. The van der Waals surface area contributed by atoms with Crippen molar-refractivity contribution < 1.29 is 8.42 Å². The number of H-pyrrole nitrogens is 1. The molecule has 0 radical (unpaired) electrons. The summed E-state index contributed by atoms with van der Waals surface area (Å²) >= 11 is 11.7. The van der Waals surface area contributed by atoms with Crippen LogP contribution in [0.2, 0.25) is 10.0 Å². The lowest BCUT2D eigenvalue weighted by Gasteiger charge is -2.08. The Morgan fingerprint density at radius 1 is 1.29 bits per heavy atom. The Labute approximate surface area is 108 Å². The van der Waals surface area contributed by atoms with E-state index < -0.39 is 10.0 Å². The third-order valence-electron chi connectivity index (χ3n) is 1.98. The zero-order valence-corrected chi connectivity index (χ0v) is 10.6. The molecule has 0 aliphatic rings. The molecule has 0 bridgehead atoms. The first-order chi connectivity index (χ1) is 8.00.